The van der Waals surface area contributed by atoms with Gasteiger partial charge in [0.2, 0.25) is 5.88 Å². The zero-order valence-corrected chi connectivity index (χ0v) is 9.81. The number of hydrogen-bond donors (Lipinski definition) is 1. The molecule has 0 saturated carbocycles. The largest absolute Gasteiger partial charge is 0.497 e. The van der Waals surface area contributed by atoms with E-state index in [9.17, 15) is 0 Å². The molecule has 88 valence electrons. The van der Waals surface area contributed by atoms with Crippen LogP contribution in [0.2, 0.25) is 0 Å². The van der Waals surface area contributed by atoms with E-state index in [1.54, 1.807) is 32.5 Å². The monoisotopic (exact) mass is 230 g/mol. The number of hydrogen-bond acceptors (Lipinski definition) is 4. The number of anilines is 1. The number of methoxy groups -OCH3 is 2. The summed E-state index contributed by atoms with van der Waals surface area (Å²) in [4.78, 5) is 4.15. The Morgan fingerprint density at radius 1 is 1.06 bits per heavy atom. The minimum atomic E-state index is 0.584. The summed E-state index contributed by atoms with van der Waals surface area (Å²) in [6.45, 7) is 0. The summed E-state index contributed by atoms with van der Waals surface area (Å²) in [5.74, 6) is 1.33. The van der Waals surface area contributed by atoms with Crippen LogP contribution >= 0.6 is 0 Å². The van der Waals surface area contributed by atoms with Gasteiger partial charge >= 0.3 is 0 Å². The quantitative estimate of drug-likeness (QED) is 0.822. The van der Waals surface area contributed by atoms with Crippen LogP contribution in [-0.4, -0.2) is 19.2 Å². The van der Waals surface area contributed by atoms with E-state index in [1.165, 1.54) is 0 Å². The molecule has 17 heavy (non-hydrogen) atoms. The van der Waals surface area contributed by atoms with Crippen molar-refractivity contribution in [2.24, 2.45) is 0 Å². The molecule has 0 aliphatic carbocycles. The van der Waals surface area contributed by atoms with Gasteiger partial charge in [0.1, 0.15) is 5.75 Å². The molecule has 2 N–H and O–H groups in total. The molecule has 4 nitrogen and oxygen atoms in total. The first-order valence-electron chi connectivity index (χ1n) is 5.18. The minimum Gasteiger partial charge on any atom is -0.497 e. The fourth-order valence-corrected chi connectivity index (χ4v) is 1.59. The predicted octanol–water partition coefficient (Wildman–Crippen LogP) is 2.35. The molecule has 2 aromatic rings. The highest BCUT2D eigenvalue weighted by atomic mass is 16.5. The van der Waals surface area contributed by atoms with Crippen LogP contribution in [0.3, 0.4) is 0 Å². The summed E-state index contributed by atoms with van der Waals surface area (Å²) < 4.78 is 10.1. The first-order valence-corrected chi connectivity index (χ1v) is 5.18. The van der Waals surface area contributed by atoms with E-state index in [2.05, 4.69) is 4.98 Å². The molecule has 0 spiro atoms. The second-order valence-electron chi connectivity index (χ2n) is 3.54. The molecule has 1 aromatic carbocycles. The van der Waals surface area contributed by atoms with Crippen LogP contribution in [0.15, 0.2) is 36.5 Å². The molecule has 0 atom stereocenters. The lowest BCUT2D eigenvalue weighted by atomic mass is 10.1. The molecule has 0 radical (unpaired) electrons. The van der Waals surface area contributed by atoms with Gasteiger partial charge in [-0.1, -0.05) is 0 Å². The van der Waals surface area contributed by atoms with Gasteiger partial charge in [-0.3, -0.25) is 0 Å². The van der Waals surface area contributed by atoms with E-state index in [1.807, 2.05) is 18.2 Å². The van der Waals surface area contributed by atoms with E-state index in [4.69, 9.17) is 15.2 Å². The SMILES string of the molecule is COc1ccc(-c2ccc(OC)nc2)c(N)c1. The van der Waals surface area contributed by atoms with Crippen LogP contribution in [0.25, 0.3) is 11.1 Å². The molecule has 0 saturated heterocycles. The van der Waals surface area contributed by atoms with Crippen molar-refractivity contribution in [3.63, 3.8) is 0 Å². The van der Waals surface area contributed by atoms with E-state index in [-0.39, 0.29) is 0 Å². The van der Waals surface area contributed by atoms with E-state index >= 15 is 0 Å². The van der Waals surface area contributed by atoms with E-state index in [0.717, 1.165) is 16.9 Å². The molecule has 0 amide bonds. The number of nitrogens with zero attached hydrogens (tertiary/aromatic N) is 1. The number of benzene rings is 1. The lowest BCUT2D eigenvalue weighted by Crippen LogP contribution is -1.93. The second-order valence-corrected chi connectivity index (χ2v) is 3.54. The topological polar surface area (TPSA) is 57.4 Å². The molecule has 0 unspecified atom stereocenters. The molecule has 0 bridgehead atoms. The average molecular weight is 230 g/mol. The minimum absolute atomic E-state index is 0.584. The van der Waals surface area contributed by atoms with Gasteiger partial charge in [-0.2, -0.15) is 0 Å². The predicted molar refractivity (Wildman–Crippen MR) is 67.2 cm³/mol. The average Bonchev–Trinajstić information content (AvgIpc) is 2.39. The Balaban J connectivity index is 2.38. The maximum Gasteiger partial charge on any atom is 0.212 e. The Bertz CT molecular complexity index is 509. The van der Waals surface area contributed by atoms with E-state index in [0.29, 0.717) is 11.6 Å². The molecule has 0 aliphatic heterocycles. The Labute approximate surface area is 100 Å². The van der Waals surface area contributed by atoms with Crippen molar-refractivity contribution in [2.75, 3.05) is 20.0 Å². The smallest absolute Gasteiger partial charge is 0.212 e. The van der Waals surface area contributed by atoms with Gasteiger partial charge in [0.25, 0.3) is 0 Å². The molecular formula is C13H14N2O2. The van der Waals surface area contributed by atoms with Crippen LogP contribution in [0.4, 0.5) is 5.69 Å². The lowest BCUT2D eigenvalue weighted by Gasteiger charge is -2.08. The molecule has 4 heteroatoms. The summed E-state index contributed by atoms with van der Waals surface area (Å²) >= 11 is 0. The van der Waals surface area contributed by atoms with Gasteiger partial charge in [0.15, 0.2) is 0 Å². The Kier molecular flexibility index (Phi) is 3.14. The van der Waals surface area contributed by atoms with Crippen molar-refractivity contribution in [3.8, 4) is 22.8 Å². The third-order valence-electron chi connectivity index (χ3n) is 2.52. The number of pyridine rings is 1. The third kappa shape index (κ3) is 2.30. The van der Waals surface area contributed by atoms with Gasteiger partial charge < -0.3 is 15.2 Å². The highest BCUT2D eigenvalue weighted by Crippen LogP contribution is 2.29. The van der Waals surface area contributed by atoms with Crippen molar-refractivity contribution >= 4 is 5.69 Å². The third-order valence-corrected chi connectivity index (χ3v) is 2.52. The van der Waals surface area contributed by atoms with Crippen molar-refractivity contribution in [1.29, 1.82) is 0 Å². The van der Waals surface area contributed by atoms with Crippen LogP contribution in [-0.2, 0) is 0 Å². The zero-order chi connectivity index (χ0) is 12.3. The fourth-order valence-electron chi connectivity index (χ4n) is 1.59. The van der Waals surface area contributed by atoms with Crippen LogP contribution in [0.5, 0.6) is 11.6 Å². The van der Waals surface area contributed by atoms with Crippen LogP contribution in [0.1, 0.15) is 0 Å². The number of nitrogen functional groups attached to an aromatic ring is 1. The molecule has 0 fully saturated rings. The molecule has 2 rings (SSSR count). The van der Waals surface area contributed by atoms with Crippen LogP contribution < -0.4 is 15.2 Å². The summed E-state index contributed by atoms with van der Waals surface area (Å²) in [6.07, 6.45) is 1.73. The van der Waals surface area contributed by atoms with Gasteiger partial charge in [-0.25, -0.2) is 4.98 Å². The molecule has 1 heterocycles. The summed E-state index contributed by atoms with van der Waals surface area (Å²) in [5.41, 5.74) is 8.51. The highest BCUT2D eigenvalue weighted by Gasteiger charge is 2.04. The standard InChI is InChI=1S/C13H14N2O2/c1-16-10-4-5-11(12(14)7-10)9-3-6-13(17-2)15-8-9/h3-8H,14H2,1-2H3. The lowest BCUT2D eigenvalue weighted by molar-refractivity contribution is 0.398. The number of nitrogens with two attached hydrogens (primary N) is 1. The van der Waals surface area contributed by atoms with Gasteiger partial charge in [0, 0.05) is 35.1 Å². The number of aromatic nitrogens is 1. The summed E-state index contributed by atoms with van der Waals surface area (Å²) in [5, 5.41) is 0. The molecule has 1 aromatic heterocycles. The maximum atomic E-state index is 5.96. The maximum absolute atomic E-state index is 5.96. The van der Waals surface area contributed by atoms with Crippen LogP contribution in [0, 0.1) is 0 Å². The summed E-state index contributed by atoms with van der Waals surface area (Å²) in [6, 6.07) is 9.30. The zero-order valence-electron chi connectivity index (χ0n) is 9.81. The van der Waals surface area contributed by atoms with Crippen molar-refractivity contribution < 1.29 is 9.47 Å². The van der Waals surface area contributed by atoms with Gasteiger partial charge in [-0.15, -0.1) is 0 Å². The van der Waals surface area contributed by atoms with Gasteiger partial charge in [-0.05, 0) is 18.2 Å². The highest BCUT2D eigenvalue weighted by molar-refractivity contribution is 5.77. The Morgan fingerprint density at radius 3 is 2.41 bits per heavy atom. The van der Waals surface area contributed by atoms with Crippen molar-refractivity contribution in [3.05, 3.63) is 36.5 Å². The first kappa shape index (κ1) is 11.3. The number of rotatable bonds is 3. The second kappa shape index (κ2) is 4.74. The fraction of sp³-hybridized carbons (Fsp3) is 0.154. The van der Waals surface area contributed by atoms with Gasteiger partial charge in [0.05, 0.1) is 14.2 Å². The first-order chi connectivity index (χ1) is 8.24. The number of ether oxygens (including phenoxy) is 2. The Hall–Kier alpha value is -2.23. The molecular weight excluding hydrogens is 216 g/mol. The van der Waals surface area contributed by atoms with Crippen molar-refractivity contribution in [1.82, 2.24) is 4.98 Å². The molecule has 0 aliphatic rings. The summed E-state index contributed by atoms with van der Waals surface area (Å²) in [7, 11) is 3.20. The van der Waals surface area contributed by atoms with Crippen molar-refractivity contribution in [2.45, 2.75) is 0 Å². The Morgan fingerprint density at radius 2 is 1.88 bits per heavy atom. The van der Waals surface area contributed by atoms with E-state index < -0.39 is 0 Å². The normalized spacial score (nSPS) is 10.0.